The van der Waals surface area contributed by atoms with Gasteiger partial charge in [-0.15, -0.1) is 0 Å². The second-order valence-corrected chi connectivity index (χ2v) is 5.56. The number of carbonyl (C=O) groups excluding carboxylic acids is 2. The van der Waals surface area contributed by atoms with Crippen molar-refractivity contribution in [2.24, 2.45) is 0 Å². The summed E-state index contributed by atoms with van der Waals surface area (Å²) in [6, 6.07) is 14.0. The topological polar surface area (TPSA) is 73.2 Å². The Morgan fingerprint density at radius 3 is 2.46 bits per heavy atom. The highest BCUT2D eigenvalue weighted by atomic mass is 19.1. The minimum absolute atomic E-state index is 0.155. The average molecular weight is 353 g/mol. The van der Waals surface area contributed by atoms with Gasteiger partial charge in [0.25, 0.3) is 5.91 Å². The van der Waals surface area contributed by atoms with Crippen molar-refractivity contribution < 1.29 is 18.7 Å². The Hall–Kier alpha value is -3.48. The predicted molar refractivity (Wildman–Crippen MR) is 94.0 cm³/mol. The summed E-state index contributed by atoms with van der Waals surface area (Å²) in [6.45, 7) is 1.74. The quantitative estimate of drug-likeness (QED) is 0.730. The first-order chi connectivity index (χ1) is 12.5. The van der Waals surface area contributed by atoms with E-state index in [1.165, 1.54) is 17.9 Å². The van der Waals surface area contributed by atoms with Crippen molar-refractivity contribution in [2.45, 2.75) is 6.92 Å². The molecule has 3 aromatic rings. The Labute approximate surface area is 149 Å². The second-order valence-electron chi connectivity index (χ2n) is 5.56. The Morgan fingerprint density at radius 1 is 1.12 bits per heavy atom. The maximum absolute atomic E-state index is 13.9. The number of hydrogen-bond acceptors (Lipinski definition) is 4. The first-order valence-electron chi connectivity index (χ1n) is 7.81. The van der Waals surface area contributed by atoms with E-state index >= 15 is 0 Å². The second kappa shape index (κ2) is 7.18. The van der Waals surface area contributed by atoms with Crippen molar-refractivity contribution in [3.8, 4) is 5.69 Å². The summed E-state index contributed by atoms with van der Waals surface area (Å²) in [5.74, 6) is -1.32. The molecule has 0 atom stereocenters. The van der Waals surface area contributed by atoms with E-state index in [-0.39, 0.29) is 11.4 Å². The molecule has 0 aliphatic carbocycles. The van der Waals surface area contributed by atoms with Gasteiger partial charge in [-0.25, -0.2) is 13.9 Å². The number of ether oxygens (including phenoxy) is 1. The average Bonchev–Trinajstić information content (AvgIpc) is 3.04. The molecule has 0 aliphatic rings. The van der Waals surface area contributed by atoms with Crippen LogP contribution in [0.25, 0.3) is 5.69 Å². The normalized spacial score (nSPS) is 10.4. The van der Waals surface area contributed by atoms with E-state index in [9.17, 15) is 14.0 Å². The van der Waals surface area contributed by atoms with Gasteiger partial charge in [-0.05, 0) is 49.4 Å². The van der Waals surface area contributed by atoms with Gasteiger partial charge in [-0.2, -0.15) is 5.10 Å². The van der Waals surface area contributed by atoms with E-state index in [1.54, 1.807) is 55.5 Å². The molecule has 132 valence electrons. The van der Waals surface area contributed by atoms with Gasteiger partial charge in [0, 0.05) is 11.4 Å². The molecule has 0 spiro atoms. The zero-order chi connectivity index (χ0) is 18.7. The summed E-state index contributed by atoms with van der Waals surface area (Å²) >= 11 is 0. The van der Waals surface area contributed by atoms with Crippen molar-refractivity contribution in [2.75, 3.05) is 12.4 Å². The van der Waals surface area contributed by atoms with Crippen LogP contribution in [0.3, 0.4) is 0 Å². The number of rotatable bonds is 4. The first kappa shape index (κ1) is 17.3. The van der Waals surface area contributed by atoms with E-state index in [0.717, 1.165) is 0 Å². The summed E-state index contributed by atoms with van der Waals surface area (Å²) < 4.78 is 19.9. The van der Waals surface area contributed by atoms with Gasteiger partial charge in [0.1, 0.15) is 11.5 Å². The van der Waals surface area contributed by atoms with Gasteiger partial charge in [0.05, 0.1) is 12.7 Å². The fourth-order valence-corrected chi connectivity index (χ4v) is 2.46. The van der Waals surface area contributed by atoms with Crippen LogP contribution >= 0.6 is 0 Å². The number of hydrogen-bond donors (Lipinski definition) is 1. The molecule has 0 saturated carbocycles. The van der Waals surface area contributed by atoms with E-state index in [0.29, 0.717) is 16.9 Å². The molecule has 3 rings (SSSR count). The molecule has 0 bridgehead atoms. The minimum atomic E-state index is -0.456. The fourth-order valence-electron chi connectivity index (χ4n) is 2.46. The summed E-state index contributed by atoms with van der Waals surface area (Å²) in [5.41, 5.74) is 1.93. The maximum atomic E-state index is 13.9. The molecule has 1 aromatic heterocycles. The lowest BCUT2D eigenvalue weighted by molar-refractivity contribution is 0.0600. The van der Waals surface area contributed by atoms with Gasteiger partial charge in [-0.1, -0.05) is 12.1 Å². The number of methoxy groups -OCH3 is 1. The van der Waals surface area contributed by atoms with E-state index in [1.807, 2.05) is 0 Å². The third kappa shape index (κ3) is 3.46. The van der Waals surface area contributed by atoms with Gasteiger partial charge < -0.3 is 10.1 Å². The molecule has 7 heteroatoms. The molecule has 0 unspecified atom stereocenters. The number of carbonyl (C=O) groups is 2. The Balaban J connectivity index is 1.80. The van der Waals surface area contributed by atoms with E-state index in [4.69, 9.17) is 0 Å². The molecular weight excluding hydrogens is 337 g/mol. The lowest BCUT2D eigenvalue weighted by Crippen LogP contribution is -2.13. The zero-order valence-electron chi connectivity index (χ0n) is 14.2. The van der Waals surface area contributed by atoms with Gasteiger partial charge >= 0.3 is 5.97 Å². The third-order valence-electron chi connectivity index (χ3n) is 3.76. The zero-order valence-corrected chi connectivity index (χ0v) is 14.2. The molecule has 0 fully saturated rings. The third-order valence-corrected chi connectivity index (χ3v) is 3.76. The molecule has 0 saturated heterocycles. The summed E-state index contributed by atoms with van der Waals surface area (Å²) in [6.07, 6.45) is 0. The van der Waals surface area contributed by atoms with Crippen LogP contribution in [0.1, 0.15) is 26.5 Å². The highest BCUT2D eigenvalue weighted by Gasteiger charge is 2.15. The van der Waals surface area contributed by atoms with Crippen LogP contribution in [-0.4, -0.2) is 28.8 Å². The standard InChI is InChI=1S/C19H16FN3O3/c1-12-11-16(22-23(12)17-6-4-3-5-15(17)20)18(24)21-14-9-7-13(8-10-14)19(25)26-2/h3-11H,1-2H3,(H,21,24). The molecular formula is C19H16FN3O3. The Bertz CT molecular complexity index is 964. The number of nitrogens with zero attached hydrogens (tertiary/aromatic N) is 2. The van der Waals surface area contributed by atoms with Crippen molar-refractivity contribution in [1.82, 2.24) is 9.78 Å². The SMILES string of the molecule is COC(=O)c1ccc(NC(=O)c2cc(C)n(-c3ccccc3F)n2)cc1. The number of benzene rings is 2. The van der Waals surface area contributed by atoms with E-state index < -0.39 is 17.7 Å². The number of amides is 1. The van der Waals surface area contributed by atoms with Crippen molar-refractivity contribution in [3.63, 3.8) is 0 Å². The number of halogens is 1. The molecule has 1 N–H and O–H groups in total. The molecule has 1 amide bonds. The van der Waals surface area contributed by atoms with Crippen LogP contribution in [0.4, 0.5) is 10.1 Å². The Kier molecular flexibility index (Phi) is 4.79. The first-order valence-corrected chi connectivity index (χ1v) is 7.81. The minimum Gasteiger partial charge on any atom is -0.465 e. The van der Waals surface area contributed by atoms with Gasteiger partial charge in [0.15, 0.2) is 5.69 Å². The highest BCUT2D eigenvalue weighted by Crippen LogP contribution is 2.17. The van der Waals surface area contributed by atoms with Crippen LogP contribution < -0.4 is 5.32 Å². The monoisotopic (exact) mass is 353 g/mol. The lowest BCUT2D eigenvalue weighted by Gasteiger charge is -2.05. The molecule has 26 heavy (non-hydrogen) atoms. The summed E-state index contributed by atoms with van der Waals surface area (Å²) in [4.78, 5) is 23.8. The van der Waals surface area contributed by atoms with Crippen LogP contribution in [0.2, 0.25) is 0 Å². The fraction of sp³-hybridized carbons (Fsp3) is 0.105. The van der Waals surface area contributed by atoms with Gasteiger partial charge in [-0.3, -0.25) is 4.79 Å². The Morgan fingerprint density at radius 2 is 1.81 bits per heavy atom. The smallest absolute Gasteiger partial charge is 0.337 e. The highest BCUT2D eigenvalue weighted by molar-refractivity contribution is 6.03. The number of anilines is 1. The summed E-state index contributed by atoms with van der Waals surface area (Å²) in [5, 5.41) is 6.87. The molecule has 0 aliphatic heterocycles. The van der Waals surface area contributed by atoms with Crippen LogP contribution in [0, 0.1) is 12.7 Å². The van der Waals surface area contributed by atoms with Crippen molar-refractivity contribution in [1.29, 1.82) is 0 Å². The largest absolute Gasteiger partial charge is 0.465 e. The number of para-hydroxylation sites is 1. The number of nitrogens with one attached hydrogen (secondary N) is 1. The van der Waals surface area contributed by atoms with Gasteiger partial charge in [0.2, 0.25) is 0 Å². The molecule has 0 radical (unpaired) electrons. The molecule has 6 nitrogen and oxygen atoms in total. The predicted octanol–water partition coefficient (Wildman–Crippen LogP) is 3.36. The summed E-state index contributed by atoms with van der Waals surface area (Å²) in [7, 11) is 1.30. The lowest BCUT2D eigenvalue weighted by atomic mass is 10.2. The number of esters is 1. The van der Waals surface area contributed by atoms with Crippen molar-refractivity contribution >= 4 is 17.6 Å². The van der Waals surface area contributed by atoms with Crippen LogP contribution in [0.5, 0.6) is 0 Å². The maximum Gasteiger partial charge on any atom is 0.337 e. The van der Waals surface area contributed by atoms with Crippen LogP contribution in [0.15, 0.2) is 54.6 Å². The number of aryl methyl sites for hydroxylation is 1. The van der Waals surface area contributed by atoms with E-state index in [2.05, 4.69) is 15.2 Å². The van der Waals surface area contributed by atoms with Crippen molar-refractivity contribution in [3.05, 3.63) is 77.4 Å². The van der Waals surface area contributed by atoms with Crippen LogP contribution in [-0.2, 0) is 4.74 Å². The number of aromatic nitrogens is 2. The molecule has 1 heterocycles. The molecule has 2 aromatic carbocycles.